The molecule has 0 spiro atoms. The van der Waals surface area contributed by atoms with Crippen LogP contribution >= 0.6 is 0 Å². The van der Waals surface area contributed by atoms with Crippen molar-refractivity contribution in [1.82, 2.24) is 14.6 Å². The molecule has 2 heterocycles. The van der Waals surface area contributed by atoms with Crippen LogP contribution in [0, 0.1) is 11.3 Å². The van der Waals surface area contributed by atoms with Gasteiger partial charge >= 0.3 is 0 Å². The predicted octanol–water partition coefficient (Wildman–Crippen LogP) is 3.17. The normalized spacial score (nSPS) is 14.4. The van der Waals surface area contributed by atoms with E-state index in [1.807, 2.05) is 54.6 Å². The summed E-state index contributed by atoms with van der Waals surface area (Å²) in [4.78, 5) is 29.7. The summed E-state index contributed by atoms with van der Waals surface area (Å²) in [5, 5.41) is 15.4. The summed E-state index contributed by atoms with van der Waals surface area (Å²) < 4.78 is 1.76. The lowest BCUT2D eigenvalue weighted by molar-refractivity contribution is -0.132. The number of imidazole rings is 1. The van der Waals surface area contributed by atoms with Crippen molar-refractivity contribution in [3.63, 3.8) is 0 Å². The van der Waals surface area contributed by atoms with Gasteiger partial charge in [-0.3, -0.25) is 9.59 Å². The van der Waals surface area contributed by atoms with Gasteiger partial charge in [0.25, 0.3) is 0 Å². The first-order chi connectivity index (χ1) is 14.6. The average Bonchev–Trinajstić information content (AvgIpc) is 3.39. The third-order valence-corrected chi connectivity index (χ3v) is 5.31. The molecule has 150 valence electrons. The van der Waals surface area contributed by atoms with Crippen molar-refractivity contribution in [2.45, 2.75) is 25.2 Å². The van der Waals surface area contributed by atoms with Gasteiger partial charge in [0, 0.05) is 26.3 Å². The molecule has 1 amide bonds. The molecule has 3 aromatic rings. The van der Waals surface area contributed by atoms with Crippen LogP contribution in [0.2, 0.25) is 0 Å². The number of fused-ring (bicyclic) bond motifs is 1. The van der Waals surface area contributed by atoms with E-state index in [2.05, 4.69) is 16.2 Å². The van der Waals surface area contributed by atoms with E-state index in [1.165, 1.54) is 5.01 Å². The van der Waals surface area contributed by atoms with Gasteiger partial charge < -0.3 is 4.57 Å². The number of aryl methyl sites for hydroxylation is 1. The van der Waals surface area contributed by atoms with Gasteiger partial charge in [0.2, 0.25) is 5.91 Å². The van der Waals surface area contributed by atoms with E-state index in [0.29, 0.717) is 18.8 Å². The number of carbonyl (C=O) groups excluding carboxylic acids is 2. The zero-order valence-corrected chi connectivity index (χ0v) is 16.7. The minimum atomic E-state index is -1.00. The Labute approximate surface area is 174 Å². The molecular formula is C23H21N5O2. The van der Waals surface area contributed by atoms with Crippen LogP contribution in [-0.2, 0) is 16.6 Å². The van der Waals surface area contributed by atoms with Gasteiger partial charge in [0.15, 0.2) is 11.7 Å². The van der Waals surface area contributed by atoms with Crippen LogP contribution < -0.4 is 0 Å². The molecule has 0 radical (unpaired) electrons. The summed E-state index contributed by atoms with van der Waals surface area (Å²) in [6.45, 7) is 0.504. The lowest BCUT2D eigenvalue weighted by atomic mass is 10.0. The molecule has 2 aromatic carbocycles. The molecule has 0 bridgehead atoms. The van der Waals surface area contributed by atoms with E-state index in [1.54, 1.807) is 11.6 Å². The number of hydrazone groups is 1. The van der Waals surface area contributed by atoms with Crippen LogP contribution in [0.25, 0.3) is 11.0 Å². The van der Waals surface area contributed by atoms with Crippen LogP contribution in [0.15, 0.2) is 59.7 Å². The first-order valence-corrected chi connectivity index (χ1v) is 9.85. The number of rotatable bonds is 6. The summed E-state index contributed by atoms with van der Waals surface area (Å²) >= 11 is 0. The number of ketones is 1. The minimum absolute atomic E-state index is 0.0204. The fraction of sp³-hybridized carbons (Fsp3) is 0.261. The summed E-state index contributed by atoms with van der Waals surface area (Å²) in [6, 6.07) is 19.3. The molecule has 1 aromatic heterocycles. The summed E-state index contributed by atoms with van der Waals surface area (Å²) in [5.41, 5.74) is 3.45. The Kier molecular flexibility index (Phi) is 5.40. The zero-order valence-electron chi connectivity index (χ0n) is 16.7. The molecule has 1 aliphatic rings. The fourth-order valence-electron chi connectivity index (χ4n) is 3.67. The Bertz CT molecular complexity index is 1170. The molecule has 7 nitrogen and oxygen atoms in total. The standard InChI is InChI=1S/C23H21N5O2/c1-27-20-10-6-5-9-19(20)25-23(27)17(15-24)21(29)11-12-22(30)28-14-13-18(26-28)16-7-3-2-4-8-16/h2-10,17H,11-14H2,1H3. The number of hydrogen-bond donors (Lipinski definition) is 0. The molecule has 1 aliphatic heterocycles. The van der Waals surface area contributed by atoms with Gasteiger partial charge in [-0.1, -0.05) is 42.5 Å². The molecule has 7 heteroatoms. The van der Waals surface area contributed by atoms with Crippen molar-refractivity contribution < 1.29 is 9.59 Å². The highest BCUT2D eigenvalue weighted by Gasteiger charge is 2.28. The topological polar surface area (TPSA) is 91.3 Å². The highest BCUT2D eigenvalue weighted by Crippen LogP contribution is 2.23. The third kappa shape index (κ3) is 3.72. The second-order valence-electron chi connectivity index (χ2n) is 7.23. The molecule has 1 unspecified atom stereocenters. The van der Waals surface area contributed by atoms with Crippen LogP contribution in [0.4, 0.5) is 0 Å². The summed E-state index contributed by atoms with van der Waals surface area (Å²) in [7, 11) is 1.79. The van der Waals surface area contributed by atoms with Crippen LogP contribution in [-0.4, -0.2) is 38.5 Å². The quantitative estimate of drug-likeness (QED) is 0.637. The molecule has 0 saturated carbocycles. The van der Waals surface area contributed by atoms with Crippen molar-refractivity contribution in [2.24, 2.45) is 12.1 Å². The highest BCUT2D eigenvalue weighted by molar-refractivity contribution is 6.02. The molecule has 0 fully saturated rings. The van der Waals surface area contributed by atoms with Gasteiger partial charge in [-0.2, -0.15) is 10.4 Å². The fourth-order valence-corrected chi connectivity index (χ4v) is 3.67. The highest BCUT2D eigenvalue weighted by atomic mass is 16.2. The van der Waals surface area contributed by atoms with Crippen LogP contribution in [0.3, 0.4) is 0 Å². The maximum Gasteiger partial charge on any atom is 0.243 e. The first kappa shape index (κ1) is 19.5. The van der Waals surface area contributed by atoms with Gasteiger partial charge in [-0.15, -0.1) is 0 Å². The number of carbonyl (C=O) groups is 2. The Hall–Kier alpha value is -3.79. The Morgan fingerprint density at radius 3 is 2.57 bits per heavy atom. The Morgan fingerprint density at radius 1 is 1.10 bits per heavy atom. The maximum absolute atomic E-state index is 12.7. The molecular weight excluding hydrogens is 378 g/mol. The zero-order chi connectivity index (χ0) is 21.1. The third-order valence-electron chi connectivity index (χ3n) is 5.31. The lowest BCUT2D eigenvalue weighted by Gasteiger charge is -2.12. The molecule has 0 N–H and O–H groups in total. The van der Waals surface area contributed by atoms with Crippen LogP contribution in [0.1, 0.15) is 36.6 Å². The molecule has 0 saturated heterocycles. The number of Topliss-reactive ketones (excluding diaryl/α,β-unsaturated/α-hetero) is 1. The number of para-hydroxylation sites is 2. The minimum Gasteiger partial charge on any atom is -0.330 e. The lowest BCUT2D eigenvalue weighted by Crippen LogP contribution is -2.25. The number of benzene rings is 2. The molecule has 1 atom stereocenters. The largest absolute Gasteiger partial charge is 0.330 e. The molecule has 4 rings (SSSR count). The molecule has 30 heavy (non-hydrogen) atoms. The van der Waals surface area contributed by atoms with Gasteiger partial charge in [0.1, 0.15) is 5.82 Å². The number of hydrogen-bond acceptors (Lipinski definition) is 5. The van der Waals surface area contributed by atoms with E-state index < -0.39 is 5.92 Å². The van der Waals surface area contributed by atoms with E-state index in [0.717, 1.165) is 22.3 Å². The Morgan fingerprint density at radius 2 is 1.83 bits per heavy atom. The smallest absolute Gasteiger partial charge is 0.243 e. The van der Waals surface area contributed by atoms with E-state index >= 15 is 0 Å². The van der Waals surface area contributed by atoms with E-state index in [4.69, 9.17) is 0 Å². The van der Waals surface area contributed by atoms with Crippen LogP contribution in [0.5, 0.6) is 0 Å². The van der Waals surface area contributed by atoms with E-state index in [9.17, 15) is 14.9 Å². The van der Waals surface area contributed by atoms with Gasteiger partial charge in [-0.05, 0) is 17.7 Å². The number of amides is 1. The number of nitriles is 1. The predicted molar refractivity (Wildman–Crippen MR) is 113 cm³/mol. The van der Waals surface area contributed by atoms with Crippen molar-refractivity contribution in [3.8, 4) is 6.07 Å². The van der Waals surface area contributed by atoms with Gasteiger partial charge in [-0.25, -0.2) is 9.99 Å². The summed E-state index contributed by atoms with van der Waals surface area (Å²) in [5.74, 6) is -1.12. The molecule has 0 aliphatic carbocycles. The van der Waals surface area contributed by atoms with Crippen molar-refractivity contribution in [1.29, 1.82) is 5.26 Å². The second-order valence-corrected chi connectivity index (χ2v) is 7.23. The first-order valence-electron chi connectivity index (χ1n) is 9.85. The van der Waals surface area contributed by atoms with Crippen molar-refractivity contribution in [3.05, 3.63) is 66.0 Å². The SMILES string of the molecule is Cn1c(C(C#N)C(=O)CCC(=O)N2CCC(c3ccccc3)=N2)nc2ccccc21. The van der Waals surface area contributed by atoms with Crippen molar-refractivity contribution >= 4 is 28.4 Å². The second kappa shape index (κ2) is 8.29. The van der Waals surface area contributed by atoms with Gasteiger partial charge in [0.05, 0.1) is 29.4 Å². The maximum atomic E-state index is 12.7. The summed E-state index contributed by atoms with van der Waals surface area (Å²) in [6.07, 6.45) is 0.684. The monoisotopic (exact) mass is 399 g/mol. The number of nitrogens with zero attached hydrogens (tertiary/aromatic N) is 5. The average molecular weight is 399 g/mol. The van der Waals surface area contributed by atoms with Crippen molar-refractivity contribution in [2.75, 3.05) is 6.54 Å². The van der Waals surface area contributed by atoms with E-state index in [-0.39, 0.29) is 24.5 Å². The Balaban J connectivity index is 1.42. The number of aromatic nitrogens is 2.